The molecule has 3 aromatic heterocycles. The van der Waals surface area contributed by atoms with Crippen molar-refractivity contribution < 1.29 is 9.21 Å². The van der Waals surface area contributed by atoms with Gasteiger partial charge in [-0.25, -0.2) is 9.97 Å². The van der Waals surface area contributed by atoms with Crippen molar-refractivity contribution in [2.75, 3.05) is 13.1 Å². The predicted molar refractivity (Wildman–Crippen MR) is 109 cm³/mol. The second-order valence-electron chi connectivity index (χ2n) is 6.83. The van der Waals surface area contributed by atoms with Crippen molar-refractivity contribution in [3.05, 3.63) is 71.0 Å². The van der Waals surface area contributed by atoms with Gasteiger partial charge in [0.05, 0.1) is 12.3 Å². The SMILES string of the molecule is O=C(c1ccc(Br)cc1)N1CCC(n2c(-c3ccco3)nc3cccnc32)C1. The molecule has 1 aliphatic rings. The van der Waals surface area contributed by atoms with E-state index in [1.54, 1.807) is 12.5 Å². The van der Waals surface area contributed by atoms with Gasteiger partial charge in [0.15, 0.2) is 17.2 Å². The third-order valence-corrected chi connectivity index (χ3v) is 5.63. The Balaban J connectivity index is 1.49. The molecule has 0 N–H and O–H groups in total. The number of rotatable bonds is 3. The molecule has 1 unspecified atom stereocenters. The van der Waals surface area contributed by atoms with Gasteiger partial charge in [-0.2, -0.15) is 0 Å². The molecule has 1 fully saturated rings. The average Bonchev–Trinajstić information content (AvgIpc) is 3.46. The number of aromatic nitrogens is 3. The normalized spacial score (nSPS) is 16.8. The number of pyridine rings is 1. The maximum Gasteiger partial charge on any atom is 0.253 e. The molecule has 1 aromatic carbocycles. The van der Waals surface area contributed by atoms with Crippen LogP contribution in [0.4, 0.5) is 0 Å². The fraction of sp³-hybridized carbons (Fsp3) is 0.190. The Kier molecular flexibility index (Phi) is 4.24. The number of imidazole rings is 1. The second kappa shape index (κ2) is 6.91. The molecule has 0 spiro atoms. The van der Waals surface area contributed by atoms with Crippen molar-refractivity contribution >= 4 is 33.0 Å². The number of fused-ring (bicyclic) bond motifs is 1. The highest BCUT2D eigenvalue weighted by molar-refractivity contribution is 9.10. The minimum Gasteiger partial charge on any atom is -0.461 e. The van der Waals surface area contributed by atoms with Crippen molar-refractivity contribution in [3.63, 3.8) is 0 Å². The van der Waals surface area contributed by atoms with Crippen LogP contribution in [-0.4, -0.2) is 38.4 Å². The van der Waals surface area contributed by atoms with E-state index in [0.29, 0.717) is 24.4 Å². The van der Waals surface area contributed by atoms with Crippen molar-refractivity contribution in [2.45, 2.75) is 12.5 Å². The lowest BCUT2D eigenvalue weighted by molar-refractivity contribution is 0.0788. The van der Waals surface area contributed by atoms with Gasteiger partial charge in [-0.05, 0) is 55.0 Å². The van der Waals surface area contributed by atoms with Crippen LogP contribution in [0.3, 0.4) is 0 Å². The number of nitrogens with zero attached hydrogens (tertiary/aromatic N) is 4. The first kappa shape index (κ1) is 17.2. The van der Waals surface area contributed by atoms with Crippen LogP contribution in [0, 0.1) is 0 Å². The Hall–Kier alpha value is -2.93. The summed E-state index contributed by atoms with van der Waals surface area (Å²) in [6, 6.07) is 15.2. The van der Waals surface area contributed by atoms with Crippen molar-refractivity contribution in [2.24, 2.45) is 0 Å². The minimum atomic E-state index is 0.0481. The highest BCUT2D eigenvalue weighted by Crippen LogP contribution is 2.32. The van der Waals surface area contributed by atoms with E-state index in [-0.39, 0.29) is 11.9 Å². The van der Waals surface area contributed by atoms with Crippen LogP contribution >= 0.6 is 15.9 Å². The zero-order valence-corrected chi connectivity index (χ0v) is 16.5. The number of hydrogen-bond acceptors (Lipinski definition) is 4. The quantitative estimate of drug-likeness (QED) is 0.472. The fourth-order valence-electron chi connectivity index (χ4n) is 3.77. The van der Waals surface area contributed by atoms with Gasteiger partial charge in [-0.15, -0.1) is 0 Å². The molecule has 1 atom stereocenters. The highest BCUT2D eigenvalue weighted by Gasteiger charge is 2.31. The number of hydrogen-bond donors (Lipinski definition) is 0. The lowest BCUT2D eigenvalue weighted by atomic mass is 10.2. The molecule has 5 rings (SSSR count). The van der Waals surface area contributed by atoms with Crippen LogP contribution in [-0.2, 0) is 0 Å². The topological polar surface area (TPSA) is 64.2 Å². The number of likely N-dealkylation sites (tertiary alicyclic amines) is 1. The summed E-state index contributed by atoms with van der Waals surface area (Å²) in [6.07, 6.45) is 4.26. The van der Waals surface area contributed by atoms with Gasteiger partial charge in [-0.3, -0.25) is 4.79 Å². The lowest BCUT2D eigenvalue weighted by Crippen LogP contribution is -2.29. The van der Waals surface area contributed by atoms with Crippen LogP contribution in [0.15, 0.2) is 69.9 Å². The lowest BCUT2D eigenvalue weighted by Gasteiger charge is -2.18. The van der Waals surface area contributed by atoms with Crippen molar-refractivity contribution in [1.82, 2.24) is 19.4 Å². The summed E-state index contributed by atoms with van der Waals surface area (Å²) in [7, 11) is 0. The Morgan fingerprint density at radius 3 is 2.79 bits per heavy atom. The standard InChI is InChI=1S/C21H17BrN4O2/c22-15-7-5-14(6-8-15)21(27)25-11-9-16(13-25)26-19-17(3-1-10-23-19)24-20(26)18-4-2-12-28-18/h1-8,10,12,16H,9,11,13H2. The Morgan fingerprint density at radius 2 is 2.00 bits per heavy atom. The summed E-state index contributed by atoms with van der Waals surface area (Å²) in [5, 5.41) is 0. The summed E-state index contributed by atoms with van der Waals surface area (Å²) < 4.78 is 8.68. The maximum absolute atomic E-state index is 12.9. The highest BCUT2D eigenvalue weighted by atomic mass is 79.9. The van der Waals surface area contributed by atoms with Gasteiger partial charge < -0.3 is 13.9 Å². The first-order valence-corrected chi connectivity index (χ1v) is 9.91. The van der Waals surface area contributed by atoms with E-state index in [2.05, 4.69) is 25.5 Å². The van der Waals surface area contributed by atoms with E-state index in [0.717, 1.165) is 27.9 Å². The average molecular weight is 437 g/mol. The summed E-state index contributed by atoms with van der Waals surface area (Å²) in [5.41, 5.74) is 2.34. The monoisotopic (exact) mass is 436 g/mol. The molecule has 6 nitrogen and oxygen atoms in total. The Morgan fingerprint density at radius 1 is 1.14 bits per heavy atom. The van der Waals surface area contributed by atoms with Crippen LogP contribution in [0.2, 0.25) is 0 Å². The Bertz CT molecular complexity index is 1140. The molecule has 7 heteroatoms. The summed E-state index contributed by atoms with van der Waals surface area (Å²) in [6.45, 7) is 1.31. The minimum absolute atomic E-state index is 0.0481. The van der Waals surface area contributed by atoms with Crippen LogP contribution in [0.1, 0.15) is 22.8 Å². The summed E-state index contributed by atoms with van der Waals surface area (Å²) in [4.78, 5) is 24.1. The number of carbonyl (C=O) groups is 1. The number of amides is 1. The van der Waals surface area contributed by atoms with Gasteiger partial charge in [0.25, 0.3) is 5.91 Å². The predicted octanol–water partition coefficient (Wildman–Crippen LogP) is 4.54. The van der Waals surface area contributed by atoms with Crippen molar-refractivity contribution in [3.8, 4) is 11.6 Å². The zero-order chi connectivity index (χ0) is 19.1. The van der Waals surface area contributed by atoms with E-state index in [1.165, 1.54) is 0 Å². The number of furan rings is 1. The van der Waals surface area contributed by atoms with E-state index in [9.17, 15) is 4.79 Å². The maximum atomic E-state index is 12.9. The molecule has 140 valence electrons. The van der Waals surface area contributed by atoms with Crippen LogP contribution in [0.5, 0.6) is 0 Å². The third-order valence-electron chi connectivity index (χ3n) is 5.10. The van der Waals surface area contributed by atoms with E-state index >= 15 is 0 Å². The van der Waals surface area contributed by atoms with Gasteiger partial charge in [0.2, 0.25) is 0 Å². The van der Waals surface area contributed by atoms with Gasteiger partial charge in [-0.1, -0.05) is 15.9 Å². The van der Waals surface area contributed by atoms with E-state index in [4.69, 9.17) is 9.40 Å². The van der Waals surface area contributed by atoms with Gasteiger partial charge in [0.1, 0.15) is 5.52 Å². The summed E-state index contributed by atoms with van der Waals surface area (Å²) >= 11 is 3.41. The Labute approximate surface area is 169 Å². The van der Waals surface area contributed by atoms with Gasteiger partial charge >= 0.3 is 0 Å². The molecule has 4 aromatic rings. The van der Waals surface area contributed by atoms with Crippen molar-refractivity contribution in [1.29, 1.82) is 0 Å². The van der Waals surface area contributed by atoms with Crippen LogP contribution in [0.25, 0.3) is 22.7 Å². The second-order valence-corrected chi connectivity index (χ2v) is 7.75. The molecule has 0 bridgehead atoms. The van der Waals surface area contributed by atoms with Crippen LogP contribution < -0.4 is 0 Å². The number of carbonyl (C=O) groups excluding carboxylic acids is 1. The molecule has 0 saturated carbocycles. The number of benzene rings is 1. The fourth-order valence-corrected chi connectivity index (χ4v) is 4.03. The first-order valence-electron chi connectivity index (χ1n) is 9.12. The smallest absolute Gasteiger partial charge is 0.253 e. The number of halogens is 1. The molecule has 4 heterocycles. The largest absolute Gasteiger partial charge is 0.461 e. The molecule has 1 aliphatic heterocycles. The molecule has 1 amide bonds. The molecular weight excluding hydrogens is 420 g/mol. The zero-order valence-electron chi connectivity index (χ0n) is 15.0. The molecule has 0 aliphatic carbocycles. The van der Waals surface area contributed by atoms with E-state index in [1.807, 2.05) is 53.4 Å². The summed E-state index contributed by atoms with van der Waals surface area (Å²) in [5.74, 6) is 1.50. The van der Waals surface area contributed by atoms with E-state index < -0.39 is 0 Å². The molecule has 28 heavy (non-hydrogen) atoms. The van der Waals surface area contributed by atoms with Gasteiger partial charge in [0, 0.05) is 29.3 Å². The molecule has 1 saturated heterocycles. The first-order chi connectivity index (χ1) is 13.7. The molecule has 0 radical (unpaired) electrons. The third kappa shape index (κ3) is 2.92. The molecular formula is C21H17BrN4O2.